The molecule has 2 aromatic heterocycles. The van der Waals surface area contributed by atoms with E-state index in [0.717, 1.165) is 21.3 Å². The largest absolute Gasteiger partial charge is 0.486 e. The molecule has 31 heavy (non-hydrogen) atoms. The van der Waals surface area contributed by atoms with Crippen molar-refractivity contribution in [3.05, 3.63) is 66.3 Å². The number of amides is 1. The number of hydrogen-bond donors (Lipinski definition) is 1. The van der Waals surface area contributed by atoms with Gasteiger partial charge in [-0.15, -0.1) is 11.3 Å². The average molecular weight is 433 g/mol. The molecule has 1 N–H and O–H groups in total. The van der Waals surface area contributed by atoms with Crippen molar-refractivity contribution < 1.29 is 19.0 Å². The predicted octanol–water partition coefficient (Wildman–Crippen LogP) is 3.69. The molecule has 0 saturated heterocycles. The van der Waals surface area contributed by atoms with Crippen LogP contribution in [0.2, 0.25) is 0 Å². The number of carbonyl (C=O) groups excluding carboxylic acids is 1. The van der Waals surface area contributed by atoms with Crippen molar-refractivity contribution in [2.75, 3.05) is 19.8 Å². The van der Waals surface area contributed by atoms with Crippen molar-refractivity contribution in [3.8, 4) is 28.5 Å². The lowest BCUT2D eigenvalue weighted by Crippen LogP contribution is -2.42. The second-order valence-corrected chi connectivity index (χ2v) is 7.82. The molecule has 1 amide bonds. The second-order valence-electron chi connectivity index (χ2n) is 6.96. The summed E-state index contributed by atoms with van der Waals surface area (Å²) in [5, 5.41) is 5.67. The number of carbonyl (C=O) groups is 1. The van der Waals surface area contributed by atoms with Crippen LogP contribution in [0.1, 0.15) is 0 Å². The van der Waals surface area contributed by atoms with Gasteiger partial charge in [-0.2, -0.15) is 0 Å². The van der Waals surface area contributed by atoms with Crippen LogP contribution >= 0.6 is 11.3 Å². The first kappa shape index (κ1) is 19.3. The number of nitrogens with zero attached hydrogens (tertiary/aromatic N) is 2. The highest BCUT2D eigenvalue weighted by atomic mass is 32.1. The highest BCUT2D eigenvalue weighted by molar-refractivity contribution is 7.17. The molecule has 0 unspecified atom stereocenters. The van der Waals surface area contributed by atoms with Crippen LogP contribution in [0.15, 0.2) is 66.3 Å². The van der Waals surface area contributed by atoms with E-state index < -0.39 is 0 Å². The lowest BCUT2D eigenvalue weighted by molar-refractivity contribution is -0.123. The Morgan fingerprint density at radius 3 is 2.77 bits per heavy atom. The van der Waals surface area contributed by atoms with E-state index in [9.17, 15) is 4.79 Å². The van der Waals surface area contributed by atoms with Gasteiger partial charge in [0.25, 0.3) is 5.91 Å². The van der Waals surface area contributed by atoms with Gasteiger partial charge in [-0.25, -0.2) is 9.97 Å². The molecule has 0 fully saturated rings. The summed E-state index contributed by atoms with van der Waals surface area (Å²) in [5.74, 6) is 1.53. The number of hydrogen-bond acceptors (Lipinski definition) is 7. The number of aromatic nitrogens is 2. The number of rotatable bonds is 6. The first-order valence-corrected chi connectivity index (χ1v) is 10.7. The Morgan fingerprint density at radius 2 is 1.90 bits per heavy atom. The smallest absolute Gasteiger partial charge is 0.258 e. The molecule has 0 radical (unpaired) electrons. The van der Waals surface area contributed by atoms with E-state index in [0.29, 0.717) is 30.5 Å². The van der Waals surface area contributed by atoms with E-state index in [1.165, 1.54) is 17.7 Å². The SMILES string of the molecule is O=C(COc1ncnc2scc(-c3ccccc3)c12)NC[C@@H]1COc2ccccc2O1. The van der Waals surface area contributed by atoms with Crippen LogP contribution in [0, 0.1) is 0 Å². The minimum absolute atomic E-state index is 0.152. The number of para-hydroxylation sites is 2. The Hall–Kier alpha value is -3.65. The molecule has 1 atom stereocenters. The standard InChI is InChI=1S/C23H19N3O4S/c27-20(24-10-16-11-28-18-8-4-5-9-19(18)30-16)12-29-22-21-17(15-6-2-1-3-7-15)13-31-23(21)26-14-25-22/h1-9,13-14,16H,10-12H2,(H,24,27)/t16-/m1/s1. The summed E-state index contributed by atoms with van der Waals surface area (Å²) in [6.07, 6.45) is 1.19. The molecule has 2 aromatic carbocycles. The fourth-order valence-corrected chi connectivity index (χ4v) is 4.27. The summed E-state index contributed by atoms with van der Waals surface area (Å²) in [5.41, 5.74) is 2.04. The Labute approximate surface area is 182 Å². The lowest BCUT2D eigenvalue weighted by atomic mass is 10.1. The van der Waals surface area contributed by atoms with E-state index in [1.807, 2.05) is 60.0 Å². The maximum Gasteiger partial charge on any atom is 0.258 e. The molecule has 0 saturated carbocycles. The van der Waals surface area contributed by atoms with Crippen molar-refractivity contribution >= 4 is 27.5 Å². The molecule has 3 heterocycles. The third-order valence-electron chi connectivity index (χ3n) is 4.85. The highest BCUT2D eigenvalue weighted by Gasteiger charge is 2.21. The number of ether oxygens (including phenoxy) is 3. The molecule has 0 bridgehead atoms. The van der Waals surface area contributed by atoms with Crippen molar-refractivity contribution in [1.29, 1.82) is 0 Å². The fourth-order valence-electron chi connectivity index (χ4n) is 3.36. The Bertz CT molecular complexity index is 1210. The minimum Gasteiger partial charge on any atom is -0.486 e. The molecule has 7 nitrogen and oxygen atoms in total. The van der Waals surface area contributed by atoms with E-state index in [2.05, 4.69) is 15.3 Å². The molecule has 1 aliphatic heterocycles. The van der Waals surface area contributed by atoms with Gasteiger partial charge in [0.05, 0.1) is 11.9 Å². The van der Waals surface area contributed by atoms with Gasteiger partial charge in [0.1, 0.15) is 23.9 Å². The van der Waals surface area contributed by atoms with E-state index in [-0.39, 0.29) is 18.6 Å². The topological polar surface area (TPSA) is 82.6 Å². The van der Waals surface area contributed by atoms with Crippen LogP contribution in [0.25, 0.3) is 21.3 Å². The molecule has 0 aliphatic carbocycles. The summed E-state index contributed by atoms with van der Waals surface area (Å²) in [6.45, 7) is 0.545. The third-order valence-corrected chi connectivity index (χ3v) is 5.74. The van der Waals surface area contributed by atoms with Crippen molar-refractivity contribution in [1.82, 2.24) is 15.3 Å². The fraction of sp³-hybridized carbons (Fsp3) is 0.174. The minimum atomic E-state index is -0.259. The van der Waals surface area contributed by atoms with E-state index >= 15 is 0 Å². The number of thiophene rings is 1. The van der Waals surface area contributed by atoms with Crippen molar-refractivity contribution in [2.24, 2.45) is 0 Å². The zero-order chi connectivity index (χ0) is 21.0. The normalized spacial score (nSPS) is 14.9. The van der Waals surface area contributed by atoms with Crippen LogP contribution in [0.5, 0.6) is 17.4 Å². The molecule has 8 heteroatoms. The van der Waals surface area contributed by atoms with Crippen LogP contribution < -0.4 is 19.5 Å². The summed E-state index contributed by atoms with van der Waals surface area (Å²) < 4.78 is 17.3. The zero-order valence-corrected chi connectivity index (χ0v) is 17.3. The molecule has 5 rings (SSSR count). The Morgan fingerprint density at radius 1 is 1.10 bits per heavy atom. The average Bonchev–Trinajstić information content (AvgIpc) is 3.27. The number of benzene rings is 2. The van der Waals surface area contributed by atoms with Gasteiger partial charge in [0.15, 0.2) is 18.1 Å². The summed E-state index contributed by atoms with van der Waals surface area (Å²) in [4.78, 5) is 21.8. The molecule has 4 aromatic rings. The first-order valence-electron chi connectivity index (χ1n) is 9.83. The van der Waals surface area contributed by atoms with Crippen molar-refractivity contribution in [3.63, 3.8) is 0 Å². The van der Waals surface area contributed by atoms with Gasteiger partial charge in [-0.3, -0.25) is 4.79 Å². The maximum absolute atomic E-state index is 12.4. The molecule has 0 spiro atoms. The molecule has 1 aliphatic rings. The lowest BCUT2D eigenvalue weighted by Gasteiger charge is -2.26. The first-order chi connectivity index (χ1) is 15.3. The van der Waals surface area contributed by atoms with E-state index in [1.54, 1.807) is 0 Å². The van der Waals surface area contributed by atoms with Gasteiger partial charge in [0.2, 0.25) is 5.88 Å². The molecular weight excluding hydrogens is 414 g/mol. The molecule has 156 valence electrons. The monoisotopic (exact) mass is 433 g/mol. The molecular formula is C23H19N3O4S. The summed E-state index contributed by atoms with van der Waals surface area (Å²) in [7, 11) is 0. The quantitative estimate of drug-likeness (QED) is 0.499. The predicted molar refractivity (Wildman–Crippen MR) is 118 cm³/mol. The Balaban J connectivity index is 1.22. The van der Waals surface area contributed by atoms with Crippen LogP contribution in [0.3, 0.4) is 0 Å². The number of fused-ring (bicyclic) bond motifs is 2. The van der Waals surface area contributed by atoms with Gasteiger partial charge >= 0.3 is 0 Å². The van der Waals surface area contributed by atoms with Gasteiger partial charge in [-0.05, 0) is 17.7 Å². The van der Waals surface area contributed by atoms with Crippen LogP contribution in [-0.4, -0.2) is 41.7 Å². The van der Waals surface area contributed by atoms with Crippen LogP contribution in [-0.2, 0) is 4.79 Å². The van der Waals surface area contributed by atoms with Gasteiger partial charge in [-0.1, -0.05) is 42.5 Å². The van der Waals surface area contributed by atoms with Gasteiger partial charge < -0.3 is 19.5 Å². The summed E-state index contributed by atoms with van der Waals surface area (Å²) in [6, 6.07) is 17.4. The third kappa shape index (κ3) is 4.15. The zero-order valence-electron chi connectivity index (χ0n) is 16.5. The van der Waals surface area contributed by atoms with Crippen molar-refractivity contribution in [2.45, 2.75) is 6.10 Å². The maximum atomic E-state index is 12.4. The second kappa shape index (κ2) is 8.61. The highest BCUT2D eigenvalue weighted by Crippen LogP contribution is 2.37. The van der Waals surface area contributed by atoms with Crippen LogP contribution in [0.4, 0.5) is 0 Å². The van der Waals surface area contributed by atoms with E-state index in [4.69, 9.17) is 14.2 Å². The number of nitrogens with one attached hydrogen (secondary N) is 1. The summed E-state index contributed by atoms with van der Waals surface area (Å²) >= 11 is 1.52. The van der Waals surface area contributed by atoms with Gasteiger partial charge in [0, 0.05) is 10.9 Å². The Kier molecular flexibility index (Phi) is 5.37.